The first kappa shape index (κ1) is 18.5. The summed E-state index contributed by atoms with van der Waals surface area (Å²) in [5, 5.41) is 3.34. The SMILES string of the molecule is O=C(COc1ccccc1)Nc1ccc2oc(-c3cc(Br)ccc3Cl)nc2c1. The third-order valence-electron chi connectivity index (χ3n) is 3.94. The Morgan fingerprint density at radius 1 is 1.11 bits per heavy atom. The number of halogens is 2. The van der Waals surface area contributed by atoms with Crippen LogP contribution in [0.1, 0.15) is 0 Å². The summed E-state index contributed by atoms with van der Waals surface area (Å²) in [6, 6.07) is 19.9. The van der Waals surface area contributed by atoms with Crippen LogP contribution in [0.2, 0.25) is 5.02 Å². The summed E-state index contributed by atoms with van der Waals surface area (Å²) in [5.41, 5.74) is 2.51. The van der Waals surface area contributed by atoms with Crippen LogP contribution >= 0.6 is 27.5 Å². The van der Waals surface area contributed by atoms with Gasteiger partial charge in [-0.05, 0) is 48.5 Å². The number of anilines is 1. The molecule has 1 amide bonds. The fourth-order valence-corrected chi connectivity index (χ4v) is 3.20. The Kier molecular flexibility index (Phi) is 5.32. The summed E-state index contributed by atoms with van der Waals surface area (Å²) < 4.78 is 12.1. The lowest BCUT2D eigenvalue weighted by molar-refractivity contribution is -0.118. The van der Waals surface area contributed by atoms with Crippen LogP contribution in [0.3, 0.4) is 0 Å². The number of carbonyl (C=O) groups excluding carboxylic acids is 1. The number of aromatic nitrogens is 1. The molecule has 5 nitrogen and oxygen atoms in total. The van der Waals surface area contributed by atoms with E-state index in [-0.39, 0.29) is 12.5 Å². The first-order valence-electron chi connectivity index (χ1n) is 8.42. The summed E-state index contributed by atoms with van der Waals surface area (Å²) in [7, 11) is 0. The minimum absolute atomic E-state index is 0.0836. The molecule has 1 aromatic heterocycles. The van der Waals surface area contributed by atoms with Crippen LogP contribution < -0.4 is 10.1 Å². The molecule has 1 N–H and O–H groups in total. The van der Waals surface area contributed by atoms with Crippen LogP contribution in [0.4, 0.5) is 5.69 Å². The zero-order valence-electron chi connectivity index (χ0n) is 14.5. The Morgan fingerprint density at radius 3 is 2.75 bits per heavy atom. The molecule has 0 spiro atoms. The molecule has 7 heteroatoms. The van der Waals surface area contributed by atoms with Crippen molar-refractivity contribution in [2.45, 2.75) is 0 Å². The highest BCUT2D eigenvalue weighted by Gasteiger charge is 2.13. The van der Waals surface area contributed by atoms with Crippen LogP contribution in [0, 0.1) is 0 Å². The molecule has 0 aliphatic carbocycles. The van der Waals surface area contributed by atoms with E-state index in [1.165, 1.54) is 0 Å². The zero-order chi connectivity index (χ0) is 19.5. The standard InChI is InChI=1S/C21H14BrClN2O3/c22-13-6-8-17(23)16(10-13)21-25-18-11-14(7-9-19(18)28-21)24-20(26)12-27-15-4-2-1-3-5-15/h1-11H,12H2,(H,24,26). The molecule has 0 saturated heterocycles. The Bertz CT molecular complexity index is 1150. The van der Waals surface area contributed by atoms with Crippen molar-refractivity contribution in [3.8, 4) is 17.2 Å². The average molecular weight is 458 g/mol. The zero-order valence-corrected chi connectivity index (χ0v) is 16.8. The van der Waals surface area contributed by atoms with Crippen molar-refractivity contribution in [1.29, 1.82) is 0 Å². The predicted octanol–water partition coefficient (Wildman–Crippen LogP) is 5.93. The lowest BCUT2D eigenvalue weighted by atomic mass is 10.2. The number of amides is 1. The summed E-state index contributed by atoms with van der Waals surface area (Å²) in [6.07, 6.45) is 0. The number of hydrogen-bond donors (Lipinski definition) is 1. The van der Waals surface area contributed by atoms with Gasteiger partial charge in [-0.1, -0.05) is 45.7 Å². The normalized spacial score (nSPS) is 10.8. The lowest BCUT2D eigenvalue weighted by Crippen LogP contribution is -2.20. The van der Waals surface area contributed by atoms with Gasteiger partial charge >= 0.3 is 0 Å². The number of oxazole rings is 1. The molecule has 28 heavy (non-hydrogen) atoms. The van der Waals surface area contributed by atoms with Crippen LogP contribution in [-0.2, 0) is 4.79 Å². The molecule has 140 valence electrons. The summed E-state index contributed by atoms with van der Waals surface area (Å²) in [5.74, 6) is 0.791. The molecule has 0 aliphatic rings. The van der Waals surface area contributed by atoms with Crippen molar-refractivity contribution in [3.63, 3.8) is 0 Å². The van der Waals surface area contributed by atoms with E-state index in [1.54, 1.807) is 36.4 Å². The topological polar surface area (TPSA) is 64.4 Å². The first-order valence-corrected chi connectivity index (χ1v) is 9.59. The number of ether oxygens (including phenoxy) is 1. The minimum Gasteiger partial charge on any atom is -0.484 e. The fourth-order valence-electron chi connectivity index (χ4n) is 2.64. The number of carbonyl (C=O) groups is 1. The van der Waals surface area contributed by atoms with Gasteiger partial charge in [-0.15, -0.1) is 0 Å². The Morgan fingerprint density at radius 2 is 1.93 bits per heavy atom. The van der Waals surface area contributed by atoms with E-state index >= 15 is 0 Å². The third kappa shape index (κ3) is 4.18. The van der Waals surface area contributed by atoms with Crippen molar-refractivity contribution in [2.24, 2.45) is 0 Å². The average Bonchev–Trinajstić information content (AvgIpc) is 3.12. The highest BCUT2D eigenvalue weighted by atomic mass is 79.9. The minimum atomic E-state index is -0.262. The van der Waals surface area contributed by atoms with Gasteiger partial charge in [0.15, 0.2) is 12.2 Å². The number of para-hydroxylation sites is 1. The fraction of sp³-hybridized carbons (Fsp3) is 0.0476. The van der Waals surface area contributed by atoms with E-state index in [0.717, 1.165) is 4.47 Å². The molecule has 0 bridgehead atoms. The molecule has 0 unspecified atom stereocenters. The summed E-state index contributed by atoms with van der Waals surface area (Å²) in [4.78, 5) is 16.6. The van der Waals surface area contributed by atoms with Gasteiger partial charge in [-0.25, -0.2) is 4.98 Å². The van der Waals surface area contributed by atoms with Crippen molar-refractivity contribution < 1.29 is 13.9 Å². The number of fused-ring (bicyclic) bond motifs is 1. The predicted molar refractivity (Wildman–Crippen MR) is 113 cm³/mol. The second kappa shape index (κ2) is 8.04. The van der Waals surface area contributed by atoms with Gasteiger partial charge in [0.2, 0.25) is 5.89 Å². The van der Waals surface area contributed by atoms with E-state index in [0.29, 0.717) is 39.0 Å². The largest absolute Gasteiger partial charge is 0.484 e. The molecule has 3 aromatic carbocycles. The smallest absolute Gasteiger partial charge is 0.262 e. The van der Waals surface area contributed by atoms with Crippen LogP contribution in [0.25, 0.3) is 22.6 Å². The number of hydrogen-bond acceptors (Lipinski definition) is 4. The van der Waals surface area contributed by atoms with Gasteiger partial charge < -0.3 is 14.5 Å². The van der Waals surface area contributed by atoms with Gasteiger partial charge in [0.1, 0.15) is 11.3 Å². The van der Waals surface area contributed by atoms with Crippen molar-refractivity contribution in [2.75, 3.05) is 11.9 Å². The molecular weight excluding hydrogens is 444 g/mol. The van der Waals surface area contributed by atoms with Gasteiger partial charge in [-0.2, -0.15) is 0 Å². The van der Waals surface area contributed by atoms with Crippen molar-refractivity contribution in [3.05, 3.63) is 76.2 Å². The van der Waals surface area contributed by atoms with Crippen LogP contribution in [0.15, 0.2) is 75.6 Å². The van der Waals surface area contributed by atoms with E-state index in [9.17, 15) is 4.79 Å². The third-order valence-corrected chi connectivity index (χ3v) is 4.77. The second-order valence-corrected chi connectivity index (χ2v) is 7.30. The Hall–Kier alpha value is -2.83. The van der Waals surface area contributed by atoms with Crippen LogP contribution in [0.5, 0.6) is 5.75 Å². The number of rotatable bonds is 5. The molecule has 0 aliphatic heterocycles. The highest BCUT2D eigenvalue weighted by molar-refractivity contribution is 9.10. The molecule has 0 saturated carbocycles. The second-order valence-electron chi connectivity index (χ2n) is 5.98. The molecular formula is C21H14BrClN2O3. The Balaban J connectivity index is 1.50. The molecule has 4 aromatic rings. The maximum absolute atomic E-state index is 12.1. The lowest BCUT2D eigenvalue weighted by Gasteiger charge is -2.07. The molecule has 4 rings (SSSR count). The number of nitrogens with one attached hydrogen (secondary N) is 1. The molecule has 1 heterocycles. The number of benzene rings is 3. The number of nitrogens with zero attached hydrogens (tertiary/aromatic N) is 1. The van der Waals surface area contributed by atoms with E-state index in [1.807, 2.05) is 30.3 Å². The van der Waals surface area contributed by atoms with Gasteiger partial charge in [0.25, 0.3) is 5.91 Å². The van der Waals surface area contributed by atoms with E-state index in [4.69, 9.17) is 20.8 Å². The van der Waals surface area contributed by atoms with E-state index in [2.05, 4.69) is 26.2 Å². The quantitative estimate of drug-likeness (QED) is 0.403. The maximum Gasteiger partial charge on any atom is 0.262 e. The van der Waals surface area contributed by atoms with Gasteiger partial charge in [-0.3, -0.25) is 4.79 Å². The molecule has 0 radical (unpaired) electrons. The Labute approximate surface area is 174 Å². The highest BCUT2D eigenvalue weighted by Crippen LogP contribution is 2.32. The van der Waals surface area contributed by atoms with Crippen molar-refractivity contribution in [1.82, 2.24) is 4.98 Å². The van der Waals surface area contributed by atoms with E-state index < -0.39 is 0 Å². The van der Waals surface area contributed by atoms with Gasteiger partial charge in [0, 0.05) is 10.2 Å². The first-order chi connectivity index (χ1) is 13.6. The maximum atomic E-state index is 12.1. The monoisotopic (exact) mass is 456 g/mol. The van der Waals surface area contributed by atoms with Crippen molar-refractivity contribution >= 4 is 50.2 Å². The summed E-state index contributed by atoms with van der Waals surface area (Å²) >= 11 is 9.67. The van der Waals surface area contributed by atoms with Gasteiger partial charge in [0.05, 0.1) is 10.6 Å². The molecule has 0 fully saturated rings. The van der Waals surface area contributed by atoms with Crippen LogP contribution in [-0.4, -0.2) is 17.5 Å². The molecule has 0 atom stereocenters. The summed E-state index contributed by atoms with van der Waals surface area (Å²) in [6.45, 7) is -0.0836.